The Hall–Kier alpha value is -1.61. The van der Waals surface area contributed by atoms with Crippen molar-refractivity contribution in [2.75, 3.05) is 18.2 Å². The van der Waals surface area contributed by atoms with Gasteiger partial charge in [-0.05, 0) is 74.8 Å². The number of thiophene rings is 1. The summed E-state index contributed by atoms with van der Waals surface area (Å²) in [6, 6.07) is 5.26. The predicted molar refractivity (Wildman–Crippen MR) is 128 cm³/mol. The number of carbonyl (C=O) groups is 2. The molecule has 160 valence electrons. The molecule has 1 aromatic carbocycles. The predicted octanol–water partition coefficient (Wildman–Crippen LogP) is 5.70. The summed E-state index contributed by atoms with van der Waals surface area (Å²) in [5, 5.41) is 6.80. The van der Waals surface area contributed by atoms with Crippen LogP contribution >= 0.6 is 46.9 Å². The molecule has 0 saturated carbocycles. The average molecular weight is 483 g/mol. The number of ether oxygens (including phenoxy) is 1. The van der Waals surface area contributed by atoms with Crippen molar-refractivity contribution in [3.63, 3.8) is 0 Å². The summed E-state index contributed by atoms with van der Waals surface area (Å²) < 4.78 is 5.28. The Labute approximate surface area is 194 Å². The molecule has 9 heteroatoms. The largest absolute Gasteiger partial charge is 0.462 e. The van der Waals surface area contributed by atoms with Crippen LogP contribution in [0.15, 0.2) is 23.1 Å². The number of benzene rings is 1. The van der Waals surface area contributed by atoms with Crippen molar-refractivity contribution in [3.8, 4) is 0 Å². The molecular formula is C21H23ClN2O3S3. The lowest BCUT2D eigenvalue weighted by Crippen LogP contribution is -2.34. The number of esters is 1. The van der Waals surface area contributed by atoms with E-state index in [0.717, 1.165) is 42.6 Å². The van der Waals surface area contributed by atoms with E-state index in [0.29, 0.717) is 27.8 Å². The van der Waals surface area contributed by atoms with Crippen molar-refractivity contribution in [2.45, 2.75) is 43.9 Å². The van der Waals surface area contributed by atoms with E-state index in [4.69, 9.17) is 28.6 Å². The van der Waals surface area contributed by atoms with E-state index >= 15 is 0 Å². The molecule has 0 radical (unpaired) electrons. The summed E-state index contributed by atoms with van der Waals surface area (Å²) in [7, 11) is 0. The first kappa shape index (κ1) is 23.1. The first-order chi connectivity index (χ1) is 14.4. The molecule has 1 amide bonds. The van der Waals surface area contributed by atoms with Gasteiger partial charge in [0.1, 0.15) is 5.00 Å². The Morgan fingerprint density at radius 2 is 2.03 bits per heavy atom. The number of thioether (sulfide) groups is 1. The maximum atomic E-state index is 12.7. The first-order valence-electron chi connectivity index (χ1n) is 9.72. The highest BCUT2D eigenvalue weighted by Crippen LogP contribution is 2.38. The molecule has 30 heavy (non-hydrogen) atoms. The van der Waals surface area contributed by atoms with E-state index in [1.165, 1.54) is 28.0 Å². The van der Waals surface area contributed by atoms with Crippen molar-refractivity contribution in [3.05, 3.63) is 44.8 Å². The number of hydrogen-bond acceptors (Lipinski definition) is 6. The lowest BCUT2D eigenvalue weighted by atomic mass is 10.1. The van der Waals surface area contributed by atoms with Gasteiger partial charge in [-0.1, -0.05) is 18.0 Å². The summed E-state index contributed by atoms with van der Waals surface area (Å²) in [6.07, 6.45) is 7.00. The molecule has 2 aromatic rings. The van der Waals surface area contributed by atoms with Gasteiger partial charge in [0.25, 0.3) is 5.91 Å². The van der Waals surface area contributed by atoms with Crippen molar-refractivity contribution in [1.82, 2.24) is 5.32 Å². The van der Waals surface area contributed by atoms with Crippen LogP contribution in [0.1, 0.15) is 57.3 Å². The topological polar surface area (TPSA) is 67.4 Å². The molecule has 2 N–H and O–H groups in total. The number of fused-ring (bicyclic) bond motifs is 1. The zero-order valence-electron chi connectivity index (χ0n) is 16.8. The highest BCUT2D eigenvalue weighted by Gasteiger charge is 2.26. The minimum Gasteiger partial charge on any atom is -0.462 e. The molecule has 1 aliphatic carbocycles. The molecule has 0 fully saturated rings. The Morgan fingerprint density at radius 1 is 1.27 bits per heavy atom. The number of anilines is 1. The van der Waals surface area contributed by atoms with Crippen LogP contribution in [0.3, 0.4) is 0 Å². The normalized spacial score (nSPS) is 13.2. The van der Waals surface area contributed by atoms with Crippen molar-refractivity contribution >= 4 is 68.9 Å². The summed E-state index contributed by atoms with van der Waals surface area (Å²) >= 11 is 14.6. The van der Waals surface area contributed by atoms with Gasteiger partial charge in [0.15, 0.2) is 5.11 Å². The van der Waals surface area contributed by atoms with Crippen molar-refractivity contribution < 1.29 is 14.3 Å². The Morgan fingerprint density at radius 3 is 2.77 bits per heavy atom. The second-order valence-corrected chi connectivity index (χ2v) is 9.54. The maximum Gasteiger partial charge on any atom is 0.341 e. The molecule has 0 unspecified atom stereocenters. The second-order valence-electron chi connectivity index (χ2n) is 6.74. The van der Waals surface area contributed by atoms with Gasteiger partial charge >= 0.3 is 5.97 Å². The van der Waals surface area contributed by atoms with Gasteiger partial charge in [-0.2, -0.15) is 0 Å². The second kappa shape index (κ2) is 10.6. The molecule has 1 aliphatic rings. The van der Waals surface area contributed by atoms with E-state index in [1.807, 2.05) is 12.3 Å². The zero-order valence-corrected chi connectivity index (χ0v) is 20.0. The molecule has 1 aromatic heterocycles. The number of aryl methyl sites for hydroxylation is 1. The third-order valence-electron chi connectivity index (χ3n) is 4.77. The van der Waals surface area contributed by atoms with Crippen LogP contribution in [-0.4, -0.2) is 29.9 Å². The fourth-order valence-corrected chi connectivity index (χ4v) is 5.54. The van der Waals surface area contributed by atoms with E-state index < -0.39 is 5.91 Å². The molecule has 0 aliphatic heterocycles. The first-order valence-corrected chi connectivity index (χ1v) is 12.5. The molecule has 0 spiro atoms. The van der Waals surface area contributed by atoms with Crippen LogP contribution in [0.2, 0.25) is 5.02 Å². The zero-order chi connectivity index (χ0) is 21.7. The van der Waals surface area contributed by atoms with E-state index in [-0.39, 0.29) is 11.1 Å². The Bertz CT molecular complexity index is 975. The molecule has 1 heterocycles. The van der Waals surface area contributed by atoms with Gasteiger partial charge in [-0.3, -0.25) is 10.1 Å². The number of nitrogens with one attached hydrogen (secondary N) is 2. The summed E-state index contributed by atoms with van der Waals surface area (Å²) in [5.74, 6) is -0.756. The fourth-order valence-electron chi connectivity index (χ4n) is 3.36. The van der Waals surface area contributed by atoms with Gasteiger partial charge in [0, 0.05) is 9.77 Å². The highest BCUT2D eigenvalue weighted by atomic mass is 35.5. The minimum atomic E-state index is -0.399. The third-order valence-corrected chi connectivity index (χ3v) is 7.24. The molecule has 0 atom stereocenters. The van der Waals surface area contributed by atoms with Crippen LogP contribution in [0.5, 0.6) is 0 Å². The SMILES string of the molecule is CCOC(=O)c1c(NC(=S)NC(=O)c2cc(SC)ccc2Cl)sc2c1CCCCC2. The van der Waals surface area contributed by atoms with Crippen LogP contribution in [0.4, 0.5) is 5.00 Å². The lowest BCUT2D eigenvalue weighted by Gasteiger charge is -2.12. The molecular weight excluding hydrogens is 460 g/mol. The smallest absolute Gasteiger partial charge is 0.341 e. The van der Waals surface area contributed by atoms with Gasteiger partial charge in [0.05, 0.1) is 22.8 Å². The standard InChI is InChI=1S/C21H23ClN2O3S3/c1-3-27-20(26)17-13-7-5-4-6-8-16(13)30-19(17)24-21(28)23-18(25)14-11-12(29-2)9-10-15(14)22/h9-11H,3-8H2,1-2H3,(H2,23,24,25,28). The molecule has 0 saturated heterocycles. The fraction of sp³-hybridized carbons (Fsp3) is 0.381. The maximum absolute atomic E-state index is 12.7. The Kier molecular flexibility index (Phi) is 8.16. The number of halogens is 1. The monoisotopic (exact) mass is 482 g/mol. The summed E-state index contributed by atoms with van der Waals surface area (Å²) in [5.41, 5.74) is 1.93. The molecule has 5 nitrogen and oxygen atoms in total. The van der Waals surface area contributed by atoms with Gasteiger partial charge in [-0.15, -0.1) is 23.1 Å². The number of rotatable bonds is 5. The average Bonchev–Trinajstić information content (AvgIpc) is 2.88. The van der Waals surface area contributed by atoms with E-state index in [9.17, 15) is 9.59 Å². The number of amides is 1. The third kappa shape index (κ3) is 5.35. The highest BCUT2D eigenvalue weighted by molar-refractivity contribution is 7.98. The summed E-state index contributed by atoms with van der Waals surface area (Å²) in [6.45, 7) is 2.09. The van der Waals surface area contributed by atoms with Crippen molar-refractivity contribution in [2.24, 2.45) is 0 Å². The number of thiocarbonyl (C=S) groups is 1. The Balaban J connectivity index is 1.81. The van der Waals surface area contributed by atoms with Crippen LogP contribution in [0.25, 0.3) is 0 Å². The summed E-state index contributed by atoms with van der Waals surface area (Å²) in [4.78, 5) is 27.4. The van der Waals surface area contributed by atoms with E-state index in [2.05, 4.69) is 10.6 Å². The van der Waals surface area contributed by atoms with Crippen LogP contribution in [0, 0.1) is 0 Å². The lowest BCUT2D eigenvalue weighted by molar-refractivity contribution is 0.0526. The van der Waals surface area contributed by atoms with Gasteiger partial charge < -0.3 is 10.1 Å². The quantitative estimate of drug-likeness (QED) is 0.247. The van der Waals surface area contributed by atoms with Gasteiger partial charge in [-0.25, -0.2) is 4.79 Å². The number of carbonyl (C=O) groups excluding carboxylic acids is 2. The minimum absolute atomic E-state index is 0.118. The van der Waals surface area contributed by atoms with Crippen molar-refractivity contribution in [1.29, 1.82) is 0 Å². The van der Waals surface area contributed by atoms with E-state index in [1.54, 1.807) is 19.1 Å². The molecule has 0 bridgehead atoms. The number of hydrogen-bond donors (Lipinski definition) is 2. The van der Waals surface area contributed by atoms with Crippen LogP contribution < -0.4 is 10.6 Å². The van der Waals surface area contributed by atoms with Crippen LogP contribution in [-0.2, 0) is 17.6 Å². The van der Waals surface area contributed by atoms with Gasteiger partial charge in [0.2, 0.25) is 0 Å². The molecule has 3 rings (SSSR count).